The number of nitrogens with zero attached hydrogens (tertiary/aromatic N) is 1. The fourth-order valence-electron chi connectivity index (χ4n) is 3.00. The van der Waals surface area contributed by atoms with Gasteiger partial charge in [0, 0.05) is 5.56 Å². The van der Waals surface area contributed by atoms with E-state index in [0.29, 0.717) is 29.3 Å². The molecule has 27 heavy (non-hydrogen) atoms. The van der Waals surface area contributed by atoms with Gasteiger partial charge in [0.15, 0.2) is 0 Å². The third-order valence-corrected chi connectivity index (χ3v) is 4.37. The lowest BCUT2D eigenvalue weighted by atomic mass is 10.1. The fraction of sp³-hybridized carbons (Fsp3) is 0.0909. The second-order valence-electron chi connectivity index (χ2n) is 6.26. The van der Waals surface area contributed by atoms with Gasteiger partial charge >= 0.3 is 0 Å². The van der Waals surface area contributed by atoms with E-state index >= 15 is 0 Å². The molecule has 5 heteroatoms. The number of carbonyl (C=O) groups excluding carboxylic acids is 2. The van der Waals surface area contributed by atoms with Crippen molar-refractivity contribution in [1.29, 1.82) is 0 Å². The average molecular weight is 358 g/mol. The van der Waals surface area contributed by atoms with Crippen LogP contribution in [0.2, 0.25) is 0 Å². The Bertz CT molecular complexity index is 968. The van der Waals surface area contributed by atoms with Crippen LogP contribution in [0.25, 0.3) is 0 Å². The molecule has 0 saturated carbocycles. The van der Waals surface area contributed by atoms with Gasteiger partial charge in [0.1, 0.15) is 18.9 Å². The maximum Gasteiger partial charge on any atom is 0.258 e. The third kappa shape index (κ3) is 3.67. The summed E-state index contributed by atoms with van der Waals surface area (Å²) >= 11 is 0. The number of carbonyl (C=O) groups is 2. The summed E-state index contributed by atoms with van der Waals surface area (Å²) in [5.41, 5.74) is 2.93. The molecule has 0 saturated heterocycles. The largest absolute Gasteiger partial charge is 0.489 e. The van der Waals surface area contributed by atoms with Crippen LogP contribution < -0.4 is 15.0 Å². The first-order valence-corrected chi connectivity index (χ1v) is 8.68. The number of rotatable bonds is 4. The van der Waals surface area contributed by atoms with E-state index in [4.69, 9.17) is 4.74 Å². The smallest absolute Gasteiger partial charge is 0.258 e. The van der Waals surface area contributed by atoms with E-state index in [1.807, 2.05) is 48.5 Å². The predicted octanol–water partition coefficient (Wildman–Crippen LogP) is 3.86. The number of ether oxygens (including phenoxy) is 1. The van der Waals surface area contributed by atoms with E-state index in [1.165, 1.54) is 4.90 Å². The number of para-hydroxylation sites is 2. The molecule has 3 aromatic rings. The van der Waals surface area contributed by atoms with Crippen LogP contribution in [-0.2, 0) is 11.4 Å². The van der Waals surface area contributed by atoms with Crippen LogP contribution in [0.15, 0.2) is 78.9 Å². The highest BCUT2D eigenvalue weighted by Gasteiger charge is 2.27. The van der Waals surface area contributed by atoms with Gasteiger partial charge in [-0.25, -0.2) is 0 Å². The molecule has 0 aromatic heterocycles. The topological polar surface area (TPSA) is 58.6 Å². The lowest BCUT2D eigenvalue weighted by Gasteiger charge is -2.29. The summed E-state index contributed by atoms with van der Waals surface area (Å²) in [5, 5.41) is 2.78. The number of hydrogen-bond donors (Lipinski definition) is 1. The second kappa shape index (κ2) is 7.33. The molecule has 0 radical (unpaired) electrons. The van der Waals surface area contributed by atoms with Crippen molar-refractivity contribution in [2.24, 2.45) is 0 Å². The van der Waals surface area contributed by atoms with Crippen molar-refractivity contribution in [2.75, 3.05) is 16.8 Å². The van der Waals surface area contributed by atoms with E-state index in [2.05, 4.69) is 5.32 Å². The Labute approximate surface area is 157 Å². The molecular formula is C22H18N2O3. The lowest BCUT2D eigenvalue weighted by Crippen LogP contribution is -2.42. The summed E-state index contributed by atoms with van der Waals surface area (Å²) in [6.07, 6.45) is 0. The van der Waals surface area contributed by atoms with Crippen molar-refractivity contribution < 1.29 is 14.3 Å². The number of benzene rings is 3. The van der Waals surface area contributed by atoms with Crippen molar-refractivity contribution in [3.05, 3.63) is 90.0 Å². The average Bonchev–Trinajstić information content (AvgIpc) is 2.72. The maximum atomic E-state index is 12.9. The van der Waals surface area contributed by atoms with Crippen LogP contribution in [-0.4, -0.2) is 18.4 Å². The Morgan fingerprint density at radius 3 is 2.41 bits per heavy atom. The van der Waals surface area contributed by atoms with Gasteiger partial charge in [-0.3, -0.25) is 14.5 Å². The minimum atomic E-state index is -0.216. The predicted molar refractivity (Wildman–Crippen MR) is 104 cm³/mol. The Hall–Kier alpha value is -3.60. The van der Waals surface area contributed by atoms with Crippen molar-refractivity contribution >= 4 is 23.2 Å². The van der Waals surface area contributed by atoms with E-state index in [-0.39, 0.29) is 18.4 Å². The standard InChI is InChI=1S/C22H18N2O3/c25-21-14-24(20-9-5-4-8-19(20)23-21)22(26)17-10-12-18(13-11-17)27-15-16-6-2-1-3-7-16/h1-13H,14-15H2,(H,23,25). The van der Waals surface area contributed by atoms with Crippen LogP contribution in [0.5, 0.6) is 5.75 Å². The molecular weight excluding hydrogens is 340 g/mol. The molecule has 0 aliphatic carbocycles. The molecule has 0 fully saturated rings. The fourth-order valence-corrected chi connectivity index (χ4v) is 3.00. The molecule has 1 heterocycles. The van der Waals surface area contributed by atoms with Gasteiger partial charge < -0.3 is 10.1 Å². The molecule has 4 rings (SSSR count). The normalized spacial score (nSPS) is 12.9. The number of anilines is 2. The zero-order valence-corrected chi connectivity index (χ0v) is 14.6. The summed E-state index contributed by atoms with van der Waals surface area (Å²) in [5.74, 6) is 0.268. The molecule has 5 nitrogen and oxygen atoms in total. The molecule has 134 valence electrons. The Balaban J connectivity index is 1.49. The molecule has 0 atom stereocenters. The van der Waals surface area contributed by atoms with Crippen LogP contribution in [0, 0.1) is 0 Å². The highest BCUT2D eigenvalue weighted by Crippen LogP contribution is 2.30. The van der Waals surface area contributed by atoms with Crippen molar-refractivity contribution in [3.63, 3.8) is 0 Å². The minimum absolute atomic E-state index is 0.00209. The van der Waals surface area contributed by atoms with Crippen LogP contribution in [0.4, 0.5) is 11.4 Å². The molecule has 0 unspecified atom stereocenters. The van der Waals surface area contributed by atoms with Crippen molar-refractivity contribution in [3.8, 4) is 5.75 Å². The number of hydrogen-bond acceptors (Lipinski definition) is 3. The number of amides is 2. The van der Waals surface area contributed by atoms with Gasteiger partial charge in [-0.2, -0.15) is 0 Å². The third-order valence-electron chi connectivity index (χ3n) is 4.37. The molecule has 0 bridgehead atoms. The molecule has 3 aromatic carbocycles. The number of fused-ring (bicyclic) bond motifs is 1. The van der Waals surface area contributed by atoms with Gasteiger partial charge in [-0.15, -0.1) is 0 Å². The monoisotopic (exact) mass is 358 g/mol. The first-order chi connectivity index (χ1) is 13.2. The SMILES string of the molecule is O=C1CN(C(=O)c2ccc(OCc3ccccc3)cc2)c2ccccc2N1. The lowest BCUT2D eigenvalue weighted by molar-refractivity contribution is -0.115. The minimum Gasteiger partial charge on any atom is -0.489 e. The molecule has 0 spiro atoms. The van der Waals surface area contributed by atoms with Gasteiger partial charge in [0.2, 0.25) is 5.91 Å². The van der Waals surface area contributed by atoms with Crippen molar-refractivity contribution in [1.82, 2.24) is 0 Å². The molecule has 1 aliphatic heterocycles. The molecule has 2 amide bonds. The first-order valence-electron chi connectivity index (χ1n) is 8.68. The van der Waals surface area contributed by atoms with Gasteiger partial charge in [-0.05, 0) is 42.0 Å². The Kier molecular flexibility index (Phi) is 4.58. The Morgan fingerprint density at radius 1 is 0.926 bits per heavy atom. The highest BCUT2D eigenvalue weighted by atomic mass is 16.5. The van der Waals surface area contributed by atoms with Crippen LogP contribution >= 0.6 is 0 Å². The molecule has 1 N–H and O–H groups in total. The van der Waals surface area contributed by atoms with Gasteiger partial charge in [0.25, 0.3) is 5.91 Å². The van der Waals surface area contributed by atoms with E-state index in [1.54, 1.807) is 30.3 Å². The van der Waals surface area contributed by atoms with Crippen LogP contribution in [0.1, 0.15) is 15.9 Å². The summed E-state index contributed by atoms with van der Waals surface area (Å²) < 4.78 is 5.76. The molecule has 1 aliphatic rings. The van der Waals surface area contributed by atoms with E-state index < -0.39 is 0 Å². The highest BCUT2D eigenvalue weighted by molar-refractivity contribution is 6.15. The zero-order chi connectivity index (χ0) is 18.6. The summed E-state index contributed by atoms with van der Waals surface area (Å²) in [6.45, 7) is 0.468. The maximum absolute atomic E-state index is 12.9. The van der Waals surface area contributed by atoms with E-state index in [0.717, 1.165) is 5.56 Å². The first kappa shape index (κ1) is 16.8. The van der Waals surface area contributed by atoms with Gasteiger partial charge in [-0.1, -0.05) is 42.5 Å². The van der Waals surface area contributed by atoms with Crippen LogP contribution in [0.3, 0.4) is 0 Å². The number of nitrogens with one attached hydrogen (secondary N) is 1. The zero-order valence-electron chi connectivity index (χ0n) is 14.6. The second-order valence-corrected chi connectivity index (χ2v) is 6.26. The van der Waals surface area contributed by atoms with Gasteiger partial charge in [0.05, 0.1) is 11.4 Å². The van der Waals surface area contributed by atoms with E-state index in [9.17, 15) is 9.59 Å². The quantitative estimate of drug-likeness (QED) is 0.770. The summed E-state index contributed by atoms with van der Waals surface area (Å²) in [4.78, 5) is 26.3. The Morgan fingerprint density at radius 2 is 1.63 bits per heavy atom. The van der Waals surface area contributed by atoms with Crippen molar-refractivity contribution in [2.45, 2.75) is 6.61 Å². The summed E-state index contributed by atoms with van der Waals surface area (Å²) in [7, 11) is 0. The summed E-state index contributed by atoms with van der Waals surface area (Å²) in [6, 6.07) is 24.1.